The van der Waals surface area contributed by atoms with Crippen LogP contribution in [0, 0.1) is 0 Å². The number of hydrogen-bond donors (Lipinski definition) is 0. The van der Waals surface area contributed by atoms with E-state index in [0.717, 1.165) is 12.1 Å². The Balaban J connectivity index is 2.94. The molecule has 1 aliphatic rings. The molecule has 0 aromatic carbocycles. The standard InChI is InChI=1S/C10H13N/c1-3-9-7-5-4-6-8-10(9)11-2/h3-7H,8H2,1-2H3/b9-3-,11-10?. The lowest BCUT2D eigenvalue weighted by Gasteiger charge is -2.00. The predicted octanol–water partition coefficient (Wildman–Crippen LogP) is 2.52. The maximum absolute atomic E-state index is 4.21. The van der Waals surface area contributed by atoms with E-state index < -0.39 is 0 Å². The molecule has 1 rings (SSSR count). The van der Waals surface area contributed by atoms with Crippen LogP contribution in [0.1, 0.15) is 13.3 Å². The second kappa shape index (κ2) is 3.91. The van der Waals surface area contributed by atoms with Gasteiger partial charge in [-0.25, -0.2) is 0 Å². The van der Waals surface area contributed by atoms with E-state index in [1.54, 1.807) is 0 Å². The van der Waals surface area contributed by atoms with Crippen LogP contribution in [0.5, 0.6) is 0 Å². The summed E-state index contributed by atoms with van der Waals surface area (Å²) < 4.78 is 0. The first-order valence-corrected chi connectivity index (χ1v) is 3.84. The highest BCUT2D eigenvalue weighted by atomic mass is 14.7. The predicted molar refractivity (Wildman–Crippen MR) is 50.0 cm³/mol. The van der Waals surface area contributed by atoms with Crippen molar-refractivity contribution in [2.75, 3.05) is 7.05 Å². The number of allylic oxidation sites excluding steroid dienone is 6. The molecule has 0 aliphatic heterocycles. The van der Waals surface area contributed by atoms with E-state index in [1.807, 2.05) is 20.0 Å². The molecule has 0 heterocycles. The van der Waals surface area contributed by atoms with Crippen molar-refractivity contribution in [2.45, 2.75) is 13.3 Å². The van der Waals surface area contributed by atoms with Crippen LogP contribution >= 0.6 is 0 Å². The van der Waals surface area contributed by atoms with Crippen LogP contribution in [0.3, 0.4) is 0 Å². The van der Waals surface area contributed by atoms with E-state index in [0.29, 0.717) is 0 Å². The van der Waals surface area contributed by atoms with Crippen LogP contribution in [-0.2, 0) is 0 Å². The second-order valence-electron chi connectivity index (χ2n) is 2.41. The maximum Gasteiger partial charge on any atom is 0.0451 e. The van der Waals surface area contributed by atoms with Gasteiger partial charge in [0.1, 0.15) is 0 Å². The molecule has 0 radical (unpaired) electrons. The van der Waals surface area contributed by atoms with Crippen molar-refractivity contribution >= 4 is 5.71 Å². The third-order valence-corrected chi connectivity index (χ3v) is 1.75. The number of nitrogens with zero attached hydrogens (tertiary/aromatic N) is 1. The smallest absolute Gasteiger partial charge is 0.0451 e. The average Bonchev–Trinajstić information content (AvgIpc) is 2.27. The third-order valence-electron chi connectivity index (χ3n) is 1.75. The van der Waals surface area contributed by atoms with Crippen LogP contribution in [-0.4, -0.2) is 12.8 Å². The Kier molecular flexibility index (Phi) is 2.84. The monoisotopic (exact) mass is 147 g/mol. The molecule has 0 saturated heterocycles. The molecule has 0 amide bonds. The number of rotatable bonds is 0. The van der Waals surface area contributed by atoms with Gasteiger partial charge in [-0.1, -0.05) is 30.4 Å². The van der Waals surface area contributed by atoms with E-state index in [2.05, 4.69) is 29.3 Å². The molecule has 0 saturated carbocycles. The average molecular weight is 147 g/mol. The van der Waals surface area contributed by atoms with Gasteiger partial charge in [-0.15, -0.1) is 0 Å². The van der Waals surface area contributed by atoms with Gasteiger partial charge < -0.3 is 0 Å². The SMILES string of the molecule is C/C=C1/C=CC=CCC1=NC. The quantitative estimate of drug-likeness (QED) is 0.499. The van der Waals surface area contributed by atoms with Crippen molar-refractivity contribution in [2.24, 2.45) is 4.99 Å². The molecular weight excluding hydrogens is 134 g/mol. The largest absolute Gasteiger partial charge is 0.292 e. The fraction of sp³-hybridized carbons (Fsp3) is 0.300. The van der Waals surface area contributed by atoms with Crippen molar-refractivity contribution in [3.05, 3.63) is 36.0 Å². The minimum Gasteiger partial charge on any atom is -0.292 e. The summed E-state index contributed by atoms with van der Waals surface area (Å²) >= 11 is 0. The van der Waals surface area contributed by atoms with Crippen molar-refractivity contribution in [1.82, 2.24) is 0 Å². The van der Waals surface area contributed by atoms with Gasteiger partial charge in [-0.3, -0.25) is 4.99 Å². The summed E-state index contributed by atoms with van der Waals surface area (Å²) in [6, 6.07) is 0. The molecule has 1 heteroatoms. The molecule has 0 aromatic rings. The van der Waals surface area contributed by atoms with Crippen molar-refractivity contribution in [3.8, 4) is 0 Å². The molecule has 58 valence electrons. The van der Waals surface area contributed by atoms with Gasteiger partial charge in [0.25, 0.3) is 0 Å². The Hall–Kier alpha value is -1.11. The molecule has 1 aliphatic carbocycles. The highest BCUT2D eigenvalue weighted by Crippen LogP contribution is 2.08. The fourth-order valence-electron chi connectivity index (χ4n) is 1.11. The Morgan fingerprint density at radius 1 is 1.45 bits per heavy atom. The zero-order chi connectivity index (χ0) is 8.10. The Labute approximate surface area is 67.8 Å². The van der Waals surface area contributed by atoms with E-state index in [9.17, 15) is 0 Å². The lowest BCUT2D eigenvalue weighted by molar-refractivity contribution is 1.35. The van der Waals surface area contributed by atoms with Crippen LogP contribution in [0.2, 0.25) is 0 Å². The van der Waals surface area contributed by atoms with Gasteiger partial charge in [0.15, 0.2) is 0 Å². The Bertz CT molecular complexity index is 242. The molecule has 0 spiro atoms. The zero-order valence-corrected chi connectivity index (χ0v) is 7.04. The van der Waals surface area contributed by atoms with Gasteiger partial charge in [0.05, 0.1) is 0 Å². The maximum atomic E-state index is 4.21. The molecule has 1 nitrogen and oxygen atoms in total. The van der Waals surface area contributed by atoms with Crippen LogP contribution < -0.4 is 0 Å². The van der Waals surface area contributed by atoms with Crippen LogP contribution in [0.25, 0.3) is 0 Å². The van der Waals surface area contributed by atoms with E-state index in [-0.39, 0.29) is 0 Å². The molecular formula is C10H13N. The van der Waals surface area contributed by atoms with Crippen molar-refractivity contribution in [1.29, 1.82) is 0 Å². The van der Waals surface area contributed by atoms with Crippen molar-refractivity contribution in [3.63, 3.8) is 0 Å². The molecule has 11 heavy (non-hydrogen) atoms. The molecule has 0 unspecified atom stereocenters. The lowest BCUT2D eigenvalue weighted by Crippen LogP contribution is -1.97. The minimum atomic E-state index is 0.948. The lowest BCUT2D eigenvalue weighted by atomic mass is 10.1. The minimum absolute atomic E-state index is 0.948. The molecule has 0 atom stereocenters. The summed E-state index contributed by atoms with van der Waals surface area (Å²) in [5.74, 6) is 0. The van der Waals surface area contributed by atoms with E-state index in [4.69, 9.17) is 0 Å². The second-order valence-corrected chi connectivity index (χ2v) is 2.41. The third kappa shape index (κ3) is 1.90. The van der Waals surface area contributed by atoms with Gasteiger partial charge in [0, 0.05) is 19.2 Å². The first-order chi connectivity index (χ1) is 5.38. The first kappa shape index (κ1) is 7.99. The molecule has 0 fully saturated rings. The molecule has 0 aromatic heterocycles. The summed E-state index contributed by atoms with van der Waals surface area (Å²) in [6.45, 7) is 2.04. The summed E-state index contributed by atoms with van der Waals surface area (Å²) in [5.41, 5.74) is 2.40. The highest BCUT2D eigenvalue weighted by molar-refractivity contribution is 6.03. The van der Waals surface area contributed by atoms with E-state index in [1.165, 1.54) is 5.57 Å². The summed E-state index contributed by atoms with van der Waals surface area (Å²) in [4.78, 5) is 4.21. The topological polar surface area (TPSA) is 12.4 Å². The Morgan fingerprint density at radius 3 is 2.91 bits per heavy atom. The highest BCUT2D eigenvalue weighted by Gasteiger charge is 2.00. The number of aliphatic imine (C=N–C) groups is 1. The van der Waals surface area contributed by atoms with Crippen molar-refractivity contribution < 1.29 is 0 Å². The van der Waals surface area contributed by atoms with E-state index >= 15 is 0 Å². The Morgan fingerprint density at radius 2 is 2.27 bits per heavy atom. The summed E-state index contributed by atoms with van der Waals surface area (Å²) in [7, 11) is 1.84. The zero-order valence-electron chi connectivity index (χ0n) is 7.04. The van der Waals surface area contributed by atoms with Crippen LogP contribution in [0.4, 0.5) is 0 Å². The summed E-state index contributed by atoms with van der Waals surface area (Å²) in [6.07, 6.45) is 11.4. The number of hydrogen-bond acceptors (Lipinski definition) is 1. The first-order valence-electron chi connectivity index (χ1n) is 3.84. The van der Waals surface area contributed by atoms with Crippen LogP contribution in [0.15, 0.2) is 40.9 Å². The van der Waals surface area contributed by atoms with Gasteiger partial charge in [-0.05, 0) is 12.5 Å². The fourth-order valence-corrected chi connectivity index (χ4v) is 1.11. The normalized spacial score (nSPS) is 24.5. The molecule has 0 bridgehead atoms. The summed E-state index contributed by atoms with van der Waals surface area (Å²) in [5, 5.41) is 0. The van der Waals surface area contributed by atoms with Gasteiger partial charge >= 0.3 is 0 Å². The van der Waals surface area contributed by atoms with Gasteiger partial charge in [0.2, 0.25) is 0 Å². The molecule has 0 N–H and O–H groups in total. The van der Waals surface area contributed by atoms with Gasteiger partial charge in [-0.2, -0.15) is 0 Å².